The molecule has 0 bridgehead atoms. The van der Waals surface area contributed by atoms with Crippen LogP contribution in [0.1, 0.15) is 64.0 Å². The van der Waals surface area contributed by atoms with E-state index in [0.29, 0.717) is 6.04 Å². The van der Waals surface area contributed by atoms with Crippen LogP contribution >= 0.6 is 0 Å². The van der Waals surface area contributed by atoms with Crippen molar-refractivity contribution in [2.45, 2.75) is 64.5 Å². The highest BCUT2D eigenvalue weighted by Gasteiger charge is 2.31. The summed E-state index contributed by atoms with van der Waals surface area (Å²) in [7, 11) is 0. The number of nitrogens with zero attached hydrogens (tertiary/aromatic N) is 1. The van der Waals surface area contributed by atoms with Crippen molar-refractivity contribution >= 4 is 5.69 Å². The molecule has 2 aliphatic rings. The Morgan fingerprint density at radius 1 is 1.19 bits per heavy atom. The largest absolute Gasteiger partial charge is 0.368 e. The van der Waals surface area contributed by atoms with Gasteiger partial charge in [0, 0.05) is 24.3 Å². The van der Waals surface area contributed by atoms with Crippen molar-refractivity contribution in [2.75, 3.05) is 18.0 Å². The van der Waals surface area contributed by atoms with Crippen molar-refractivity contribution in [1.29, 1.82) is 0 Å². The molecule has 3 atom stereocenters. The van der Waals surface area contributed by atoms with Crippen LogP contribution in [0.2, 0.25) is 0 Å². The van der Waals surface area contributed by atoms with E-state index in [1.807, 2.05) is 0 Å². The molecule has 1 aliphatic heterocycles. The molecule has 116 valence electrons. The minimum absolute atomic E-state index is 0.554. The highest BCUT2D eigenvalue weighted by Crippen LogP contribution is 2.38. The zero-order valence-electron chi connectivity index (χ0n) is 13.6. The zero-order chi connectivity index (χ0) is 14.7. The van der Waals surface area contributed by atoms with Gasteiger partial charge >= 0.3 is 0 Å². The van der Waals surface area contributed by atoms with Crippen molar-refractivity contribution < 1.29 is 0 Å². The summed E-state index contributed by atoms with van der Waals surface area (Å²) in [5.41, 5.74) is 3.02. The Hall–Kier alpha value is -1.02. The van der Waals surface area contributed by atoms with Crippen molar-refractivity contribution in [3.63, 3.8) is 0 Å². The van der Waals surface area contributed by atoms with Crippen LogP contribution in [-0.4, -0.2) is 19.1 Å². The number of hydrogen-bond acceptors (Lipinski definition) is 2. The smallest absolute Gasteiger partial charge is 0.0417 e. The lowest BCUT2D eigenvalue weighted by Gasteiger charge is -2.43. The number of benzene rings is 1. The lowest BCUT2D eigenvalue weighted by atomic mass is 9.84. The molecule has 1 saturated carbocycles. The summed E-state index contributed by atoms with van der Waals surface area (Å²) in [5.74, 6) is 0.895. The highest BCUT2D eigenvalue weighted by atomic mass is 15.2. The predicted molar refractivity (Wildman–Crippen MR) is 90.9 cm³/mol. The van der Waals surface area contributed by atoms with E-state index in [-0.39, 0.29) is 0 Å². The molecule has 3 rings (SSSR count). The Morgan fingerprint density at radius 2 is 2.05 bits per heavy atom. The molecule has 2 nitrogen and oxygen atoms in total. The maximum Gasteiger partial charge on any atom is 0.0417 e. The van der Waals surface area contributed by atoms with Crippen LogP contribution in [0, 0.1) is 5.92 Å². The van der Waals surface area contributed by atoms with Crippen LogP contribution in [0.5, 0.6) is 0 Å². The van der Waals surface area contributed by atoms with E-state index < -0.39 is 0 Å². The fourth-order valence-electron chi connectivity index (χ4n) is 4.18. The van der Waals surface area contributed by atoms with E-state index in [4.69, 9.17) is 0 Å². The third kappa shape index (κ3) is 3.26. The first-order chi connectivity index (χ1) is 10.3. The van der Waals surface area contributed by atoms with Crippen molar-refractivity contribution in [3.8, 4) is 0 Å². The molecule has 1 N–H and O–H groups in total. The van der Waals surface area contributed by atoms with E-state index in [1.54, 1.807) is 0 Å². The molecule has 21 heavy (non-hydrogen) atoms. The molecule has 2 heteroatoms. The zero-order valence-corrected chi connectivity index (χ0v) is 13.6. The van der Waals surface area contributed by atoms with Gasteiger partial charge in [0.2, 0.25) is 0 Å². The Morgan fingerprint density at radius 3 is 2.86 bits per heavy atom. The van der Waals surface area contributed by atoms with Crippen molar-refractivity contribution in [2.24, 2.45) is 5.92 Å². The van der Waals surface area contributed by atoms with Gasteiger partial charge in [-0.05, 0) is 49.8 Å². The van der Waals surface area contributed by atoms with Crippen LogP contribution in [0.15, 0.2) is 24.3 Å². The molecule has 1 fully saturated rings. The SMILES string of the molecule is CCCNC1CCN(C2CCCC(C)C2)c2ccccc21. The van der Waals surface area contributed by atoms with Crippen LogP contribution in [0.3, 0.4) is 0 Å². The third-order valence-electron chi connectivity index (χ3n) is 5.27. The monoisotopic (exact) mass is 286 g/mol. The van der Waals surface area contributed by atoms with Crippen LogP contribution in [-0.2, 0) is 0 Å². The predicted octanol–water partition coefficient (Wildman–Crippen LogP) is 4.52. The number of fused-ring (bicyclic) bond motifs is 1. The summed E-state index contributed by atoms with van der Waals surface area (Å²) in [6, 6.07) is 10.4. The second-order valence-electron chi connectivity index (χ2n) is 6.97. The summed E-state index contributed by atoms with van der Waals surface area (Å²) < 4.78 is 0. The van der Waals surface area contributed by atoms with Gasteiger partial charge in [0.05, 0.1) is 0 Å². The first-order valence-corrected chi connectivity index (χ1v) is 8.88. The number of nitrogens with one attached hydrogen (secondary N) is 1. The van der Waals surface area contributed by atoms with Gasteiger partial charge in [0.15, 0.2) is 0 Å². The van der Waals surface area contributed by atoms with E-state index in [0.717, 1.165) is 18.5 Å². The average Bonchev–Trinajstić information content (AvgIpc) is 2.52. The summed E-state index contributed by atoms with van der Waals surface area (Å²) in [6.07, 6.45) is 8.05. The molecule has 0 spiro atoms. The maximum atomic E-state index is 3.73. The van der Waals surface area contributed by atoms with Crippen LogP contribution < -0.4 is 10.2 Å². The van der Waals surface area contributed by atoms with Crippen LogP contribution in [0.25, 0.3) is 0 Å². The summed E-state index contributed by atoms with van der Waals surface area (Å²) in [5, 5.41) is 3.73. The van der Waals surface area contributed by atoms with Gasteiger partial charge in [0.25, 0.3) is 0 Å². The fraction of sp³-hybridized carbons (Fsp3) is 0.684. The first-order valence-electron chi connectivity index (χ1n) is 8.88. The van der Waals surface area contributed by atoms with Gasteiger partial charge in [-0.3, -0.25) is 0 Å². The van der Waals surface area contributed by atoms with Gasteiger partial charge < -0.3 is 10.2 Å². The van der Waals surface area contributed by atoms with Crippen LogP contribution in [0.4, 0.5) is 5.69 Å². The molecule has 0 amide bonds. The quantitative estimate of drug-likeness (QED) is 0.875. The second-order valence-corrected chi connectivity index (χ2v) is 6.97. The molecule has 1 aromatic rings. The molecular formula is C19H30N2. The average molecular weight is 286 g/mol. The molecule has 1 aromatic carbocycles. The molecule has 0 aromatic heterocycles. The van der Waals surface area contributed by atoms with Crippen molar-refractivity contribution in [1.82, 2.24) is 5.32 Å². The standard InChI is InChI=1S/C19H30N2/c1-3-12-20-18-11-13-21(16-8-6-7-15(2)14-16)19-10-5-4-9-17(18)19/h4-5,9-10,15-16,18,20H,3,6-8,11-14H2,1-2H3. The Balaban J connectivity index is 1.80. The van der Waals surface area contributed by atoms with Gasteiger partial charge in [-0.2, -0.15) is 0 Å². The lowest BCUT2D eigenvalue weighted by Crippen LogP contribution is -2.44. The summed E-state index contributed by atoms with van der Waals surface area (Å²) in [6.45, 7) is 7.01. The Bertz CT molecular complexity index is 457. The molecule has 3 unspecified atom stereocenters. The number of rotatable bonds is 4. The Kier molecular flexibility index (Phi) is 4.84. The molecular weight excluding hydrogens is 256 g/mol. The lowest BCUT2D eigenvalue weighted by molar-refractivity contribution is 0.320. The topological polar surface area (TPSA) is 15.3 Å². The minimum atomic E-state index is 0.554. The molecule has 1 aliphatic carbocycles. The van der Waals surface area contributed by atoms with E-state index in [2.05, 4.69) is 48.3 Å². The normalized spacial score (nSPS) is 29.2. The summed E-state index contributed by atoms with van der Waals surface area (Å²) >= 11 is 0. The first kappa shape index (κ1) is 14.9. The minimum Gasteiger partial charge on any atom is -0.368 e. The van der Waals surface area contributed by atoms with E-state index in [9.17, 15) is 0 Å². The summed E-state index contributed by atoms with van der Waals surface area (Å²) in [4.78, 5) is 2.72. The highest BCUT2D eigenvalue weighted by molar-refractivity contribution is 5.57. The number of hydrogen-bond donors (Lipinski definition) is 1. The van der Waals surface area contributed by atoms with Gasteiger partial charge in [-0.15, -0.1) is 0 Å². The molecule has 0 saturated heterocycles. The maximum absolute atomic E-state index is 3.73. The molecule has 1 heterocycles. The van der Waals surface area contributed by atoms with Gasteiger partial charge in [0.1, 0.15) is 0 Å². The third-order valence-corrected chi connectivity index (χ3v) is 5.27. The van der Waals surface area contributed by atoms with Gasteiger partial charge in [-0.25, -0.2) is 0 Å². The van der Waals surface area contributed by atoms with E-state index in [1.165, 1.54) is 56.3 Å². The molecule has 0 radical (unpaired) electrons. The fourth-order valence-corrected chi connectivity index (χ4v) is 4.18. The number of para-hydroxylation sites is 1. The second kappa shape index (κ2) is 6.83. The Labute approximate surface area is 129 Å². The van der Waals surface area contributed by atoms with Gasteiger partial charge in [-0.1, -0.05) is 44.9 Å². The van der Waals surface area contributed by atoms with E-state index >= 15 is 0 Å². The van der Waals surface area contributed by atoms with Crippen molar-refractivity contribution in [3.05, 3.63) is 29.8 Å². The number of anilines is 1.